The van der Waals surface area contributed by atoms with Gasteiger partial charge in [-0.1, -0.05) is 32.4 Å². The van der Waals surface area contributed by atoms with Crippen molar-refractivity contribution < 1.29 is 33.2 Å². The summed E-state index contributed by atoms with van der Waals surface area (Å²) >= 11 is 0. The minimum Gasteiger partial charge on any atom is -0.494 e. The molecule has 202 valence electrons. The topological polar surface area (TPSA) is 72.5 Å². The molecule has 0 atom stereocenters. The lowest BCUT2D eigenvalue weighted by Gasteiger charge is -2.37. The van der Waals surface area contributed by atoms with Gasteiger partial charge in [-0.3, -0.25) is 0 Å². The quantitative estimate of drug-likeness (QED) is 0.168. The van der Waals surface area contributed by atoms with Gasteiger partial charge < -0.3 is 28.4 Å². The van der Waals surface area contributed by atoms with Crippen LogP contribution in [0.2, 0.25) is 0 Å². The Morgan fingerprint density at radius 3 is 1.89 bits per heavy atom. The molecule has 2 aromatic rings. The smallest absolute Gasteiger partial charge is 0.343 e. The van der Waals surface area contributed by atoms with Gasteiger partial charge in [0.05, 0.1) is 58.4 Å². The second-order valence-corrected chi connectivity index (χ2v) is 11.0. The molecule has 2 saturated heterocycles. The Balaban J connectivity index is 1.06. The van der Waals surface area contributed by atoms with Crippen molar-refractivity contribution in [3.8, 4) is 11.5 Å². The minimum absolute atomic E-state index is 0.135. The molecule has 0 radical (unpaired) electrons. The van der Waals surface area contributed by atoms with Crippen LogP contribution in [0, 0.1) is 10.8 Å². The SMILES string of the molecule is CC1(COCCCCCCOc2ccc(C(=O)Oc3ccc(COCC4(C)COC4)cc3)cc2)COC1. The summed E-state index contributed by atoms with van der Waals surface area (Å²) in [5.41, 5.74) is 1.88. The molecular formula is C30H40O7. The minimum atomic E-state index is -0.394. The summed E-state index contributed by atoms with van der Waals surface area (Å²) < 4.78 is 33.4. The second kappa shape index (κ2) is 13.4. The fourth-order valence-electron chi connectivity index (χ4n) is 4.16. The molecule has 2 aromatic carbocycles. The van der Waals surface area contributed by atoms with Gasteiger partial charge in [0.15, 0.2) is 0 Å². The lowest BCUT2D eigenvalue weighted by Crippen LogP contribution is -2.43. The second-order valence-electron chi connectivity index (χ2n) is 11.0. The Morgan fingerprint density at radius 1 is 0.730 bits per heavy atom. The van der Waals surface area contributed by atoms with E-state index in [2.05, 4.69) is 13.8 Å². The van der Waals surface area contributed by atoms with E-state index in [1.807, 2.05) is 24.3 Å². The maximum Gasteiger partial charge on any atom is 0.343 e. The largest absolute Gasteiger partial charge is 0.494 e. The first-order valence-electron chi connectivity index (χ1n) is 13.3. The third-order valence-corrected chi connectivity index (χ3v) is 6.65. The number of rotatable bonds is 16. The molecule has 0 saturated carbocycles. The lowest BCUT2D eigenvalue weighted by molar-refractivity contribution is -0.140. The first-order valence-corrected chi connectivity index (χ1v) is 13.3. The van der Waals surface area contributed by atoms with E-state index in [0.29, 0.717) is 31.1 Å². The van der Waals surface area contributed by atoms with Crippen LogP contribution in [0.4, 0.5) is 0 Å². The zero-order valence-corrected chi connectivity index (χ0v) is 22.2. The summed E-state index contributed by atoms with van der Waals surface area (Å²) in [6, 6.07) is 14.5. The molecule has 0 bridgehead atoms. The van der Waals surface area contributed by atoms with Gasteiger partial charge in [0, 0.05) is 17.4 Å². The van der Waals surface area contributed by atoms with Crippen molar-refractivity contribution in [3.05, 3.63) is 59.7 Å². The van der Waals surface area contributed by atoms with Gasteiger partial charge in [-0.15, -0.1) is 0 Å². The van der Waals surface area contributed by atoms with E-state index < -0.39 is 5.97 Å². The van der Waals surface area contributed by atoms with Crippen LogP contribution in [0.1, 0.15) is 55.5 Å². The summed E-state index contributed by atoms with van der Waals surface area (Å²) in [4.78, 5) is 12.5. The van der Waals surface area contributed by atoms with E-state index in [1.54, 1.807) is 24.3 Å². The zero-order valence-electron chi connectivity index (χ0n) is 22.2. The van der Waals surface area contributed by atoms with Crippen LogP contribution >= 0.6 is 0 Å². The number of unbranched alkanes of at least 4 members (excludes halogenated alkanes) is 3. The normalized spacial score (nSPS) is 17.5. The van der Waals surface area contributed by atoms with Crippen molar-refractivity contribution in [2.45, 2.75) is 46.1 Å². The van der Waals surface area contributed by atoms with E-state index in [-0.39, 0.29) is 10.8 Å². The predicted octanol–water partition coefficient (Wildman–Crippen LogP) is 5.45. The van der Waals surface area contributed by atoms with Crippen molar-refractivity contribution in [2.75, 3.05) is 52.9 Å². The summed E-state index contributed by atoms with van der Waals surface area (Å²) in [5.74, 6) is 0.863. The molecule has 4 rings (SSSR count). The average Bonchev–Trinajstić information content (AvgIpc) is 2.87. The molecule has 0 aliphatic carbocycles. The fraction of sp³-hybridized carbons (Fsp3) is 0.567. The third-order valence-electron chi connectivity index (χ3n) is 6.65. The zero-order chi connectivity index (χ0) is 26.0. The van der Waals surface area contributed by atoms with Gasteiger partial charge in [-0.2, -0.15) is 0 Å². The molecule has 0 unspecified atom stereocenters. The van der Waals surface area contributed by atoms with Crippen LogP contribution in [0.15, 0.2) is 48.5 Å². The highest BCUT2D eigenvalue weighted by Gasteiger charge is 2.34. The highest BCUT2D eigenvalue weighted by Crippen LogP contribution is 2.27. The number of hydrogen-bond donors (Lipinski definition) is 0. The van der Waals surface area contributed by atoms with Crippen LogP contribution in [0.5, 0.6) is 11.5 Å². The summed E-state index contributed by atoms with van der Waals surface area (Å²) in [5, 5.41) is 0. The molecule has 2 heterocycles. The highest BCUT2D eigenvalue weighted by atomic mass is 16.5. The lowest BCUT2D eigenvalue weighted by atomic mass is 9.90. The fourth-order valence-corrected chi connectivity index (χ4v) is 4.16. The number of hydrogen-bond acceptors (Lipinski definition) is 7. The molecule has 0 spiro atoms. The Kier molecular flexibility index (Phi) is 9.97. The van der Waals surface area contributed by atoms with Crippen LogP contribution in [0.25, 0.3) is 0 Å². The first kappa shape index (κ1) is 27.6. The third kappa shape index (κ3) is 8.82. The summed E-state index contributed by atoms with van der Waals surface area (Å²) in [7, 11) is 0. The van der Waals surface area contributed by atoms with Crippen molar-refractivity contribution in [2.24, 2.45) is 10.8 Å². The van der Waals surface area contributed by atoms with Crippen LogP contribution in [0.3, 0.4) is 0 Å². The number of carbonyl (C=O) groups excluding carboxylic acids is 1. The molecule has 0 amide bonds. The molecule has 2 aliphatic rings. The molecule has 37 heavy (non-hydrogen) atoms. The summed E-state index contributed by atoms with van der Waals surface area (Å²) in [6.07, 6.45) is 4.29. The van der Waals surface area contributed by atoms with E-state index in [4.69, 9.17) is 28.4 Å². The molecule has 0 N–H and O–H groups in total. The number of esters is 1. The Labute approximate surface area is 220 Å². The van der Waals surface area contributed by atoms with Crippen molar-refractivity contribution >= 4 is 5.97 Å². The van der Waals surface area contributed by atoms with E-state index in [0.717, 1.165) is 76.6 Å². The molecule has 2 fully saturated rings. The molecule has 7 nitrogen and oxygen atoms in total. The standard InChI is InChI=1S/C30H40O7/c1-29(20-34-21-29)18-32-15-5-3-4-6-16-36-26-13-9-25(10-14-26)28(31)37-27-11-7-24(8-12-27)17-33-19-30(2)22-35-23-30/h7-14H,3-6,15-23H2,1-2H3. The molecule has 7 heteroatoms. The van der Waals surface area contributed by atoms with E-state index in [9.17, 15) is 4.79 Å². The number of ether oxygens (including phenoxy) is 6. The van der Waals surface area contributed by atoms with Crippen molar-refractivity contribution in [1.82, 2.24) is 0 Å². The van der Waals surface area contributed by atoms with E-state index in [1.165, 1.54) is 0 Å². The van der Waals surface area contributed by atoms with Gasteiger partial charge in [0.1, 0.15) is 11.5 Å². The Hall–Kier alpha value is -2.45. The number of benzene rings is 2. The van der Waals surface area contributed by atoms with Crippen LogP contribution in [-0.4, -0.2) is 58.8 Å². The number of carbonyl (C=O) groups is 1. The summed E-state index contributed by atoms with van der Waals surface area (Å²) in [6.45, 7) is 10.9. The molecule has 2 aliphatic heterocycles. The first-order chi connectivity index (χ1) is 17.9. The van der Waals surface area contributed by atoms with Gasteiger partial charge in [-0.25, -0.2) is 4.79 Å². The molecule has 0 aromatic heterocycles. The maximum atomic E-state index is 12.5. The Morgan fingerprint density at radius 2 is 1.30 bits per heavy atom. The Bertz CT molecular complexity index is 962. The average molecular weight is 513 g/mol. The maximum absolute atomic E-state index is 12.5. The predicted molar refractivity (Wildman–Crippen MR) is 140 cm³/mol. The van der Waals surface area contributed by atoms with Gasteiger partial charge in [-0.05, 0) is 61.2 Å². The van der Waals surface area contributed by atoms with Crippen molar-refractivity contribution in [3.63, 3.8) is 0 Å². The van der Waals surface area contributed by atoms with Crippen LogP contribution < -0.4 is 9.47 Å². The van der Waals surface area contributed by atoms with Gasteiger partial charge in [0.25, 0.3) is 0 Å². The monoisotopic (exact) mass is 512 g/mol. The van der Waals surface area contributed by atoms with E-state index >= 15 is 0 Å². The van der Waals surface area contributed by atoms with Crippen LogP contribution in [-0.2, 0) is 25.6 Å². The van der Waals surface area contributed by atoms with Gasteiger partial charge >= 0.3 is 5.97 Å². The van der Waals surface area contributed by atoms with Crippen molar-refractivity contribution in [1.29, 1.82) is 0 Å². The molecular weight excluding hydrogens is 472 g/mol. The highest BCUT2D eigenvalue weighted by molar-refractivity contribution is 5.91. The van der Waals surface area contributed by atoms with Gasteiger partial charge in [0.2, 0.25) is 0 Å².